The predicted molar refractivity (Wildman–Crippen MR) is 59.6 cm³/mol. The summed E-state index contributed by atoms with van der Waals surface area (Å²) in [6.07, 6.45) is 0.688. The first kappa shape index (κ1) is 14.4. The van der Waals surface area contributed by atoms with E-state index in [0.29, 0.717) is 26.1 Å². The summed E-state index contributed by atoms with van der Waals surface area (Å²) in [6.45, 7) is 8.75. The van der Waals surface area contributed by atoms with E-state index in [4.69, 9.17) is 4.74 Å². The highest BCUT2D eigenvalue weighted by atomic mass is 16.5. The lowest BCUT2D eigenvalue weighted by Gasteiger charge is -2.22. The Kier molecular flexibility index (Phi) is 6.52. The highest BCUT2D eigenvalue weighted by Crippen LogP contribution is 2.06. The molecule has 2 unspecified atom stereocenters. The first-order valence-corrected chi connectivity index (χ1v) is 5.52. The molecule has 0 heterocycles. The van der Waals surface area contributed by atoms with Crippen molar-refractivity contribution in [1.82, 2.24) is 5.32 Å². The molecule has 2 atom stereocenters. The van der Waals surface area contributed by atoms with Crippen LogP contribution in [0.15, 0.2) is 0 Å². The maximum atomic E-state index is 11.2. The lowest BCUT2D eigenvalue weighted by Crippen LogP contribution is -2.40. The highest BCUT2D eigenvalue weighted by Gasteiger charge is 2.19. The van der Waals surface area contributed by atoms with Crippen molar-refractivity contribution < 1.29 is 14.6 Å². The van der Waals surface area contributed by atoms with Gasteiger partial charge in [-0.3, -0.25) is 4.79 Å². The first-order valence-electron chi connectivity index (χ1n) is 5.52. The zero-order valence-electron chi connectivity index (χ0n) is 10.2. The summed E-state index contributed by atoms with van der Waals surface area (Å²) >= 11 is 0. The average molecular weight is 217 g/mol. The van der Waals surface area contributed by atoms with Gasteiger partial charge in [0, 0.05) is 13.1 Å². The van der Waals surface area contributed by atoms with E-state index in [2.05, 4.69) is 5.32 Å². The summed E-state index contributed by atoms with van der Waals surface area (Å²) in [5, 5.41) is 12.8. The SMILES string of the molecule is CCOC(=O)C(C)CNCC(C)(O)CC. The second-order valence-corrected chi connectivity index (χ2v) is 4.13. The summed E-state index contributed by atoms with van der Waals surface area (Å²) in [6, 6.07) is 0. The lowest BCUT2D eigenvalue weighted by molar-refractivity contribution is -0.147. The number of carbonyl (C=O) groups excluding carboxylic acids is 1. The van der Waals surface area contributed by atoms with E-state index in [0.717, 1.165) is 0 Å². The minimum absolute atomic E-state index is 0.169. The van der Waals surface area contributed by atoms with Gasteiger partial charge in [0.05, 0.1) is 18.1 Å². The molecule has 0 saturated carbocycles. The summed E-state index contributed by atoms with van der Waals surface area (Å²) in [7, 11) is 0. The van der Waals surface area contributed by atoms with E-state index < -0.39 is 5.60 Å². The number of aliphatic hydroxyl groups is 1. The number of hydrogen-bond donors (Lipinski definition) is 2. The van der Waals surface area contributed by atoms with Crippen molar-refractivity contribution in [1.29, 1.82) is 0 Å². The molecule has 0 radical (unpaired) electrons. The smallest absolute Gasteiger partial charge is 0.309 e. The van der Waals surface area contributed by atoms with Crippen LogP contribution in [0.3, 0.4) is 0 Å². The number of hydrogen-bond acceptors (Lipinski definition) is 4. The van der Waals surface area contributed by atoms with Crippen LogP contribution < -0.4 is 5.32 Å². The highest BCUT2D eigenvalue weighted by molar-refractivity contribution is 5.72. The van der Waals surface area contributed by atoms with Crippen molar-refractivity contribution in [3.63, 3.8) is 0 Å². The molecule has 0 bridgehead atoms. The van der Waals surface area contributed by atoms with Gasteiger partial charge in [0.15, 0.2) is 0 Å². The fraction of sp³-hybridized carbons (Fsp3) is 0.909. The minimum Gasteiger partial charge on any atom is -0.466 e. The molecule has 90 valence electrons. The number of rotatable bonds is 7. The summed E-state index contributed by atoms with van der Waals surface area (Å²) < 4.78 is 4.87. The van der Waals surface area contributed by atoms with Gasteiger partial charge < -0.3 is 15.2 Å². The Balaban J connectivity index is 3.72. The maximum Gasteiger partial charge on any atom is 0.309 e. The van der Waals surface area contributed by atoms with Crippen LogP contribution in [0.25, 0.3) is 0 Å². The Hall–Kier alpha value is -0.610. The molecule has 4 heteroatoms. The van der Waals surface area contributed by atoms with Gasteiger partial charge in [-0.05, 0) is 20.3 Å². The topological polar surface area (TPSA) is 58.6 Å². The van der Waals surface area contributed by atoms with Crippen LogP contribution in [0, 0.1) is 5.92 Å². The molecule has 4 nitrogen and oxygen atoms in total. The largest absolute Gasteiger partial charge is 0.466 e. The summed E-state index contributed by atoms with van der Waals surface area (Å²) in [5.74, 6) is -0.362. The number of ether oxygens (including phenoxy) is 1. The maximum absolute atomic E-state index is 11.2. The van der Waals surface area contributed by atoms with E-state index in [1.807, 2.05) is 13.8 Å². The molecular weight excluding hydrogens is 194 g/mol. The zero-order chi connectivity index (χ0) is 11.9. The van der Waals surface area contributed by atoms with E-state index in [1.165, 1.54) is 0 Å². The van der Waals surface area contributed by atoms with Crippen LogP contribution in [-0.4, -0.2) is 36.4 Å². The molecular formula is C11H23NO3. The normalized spacial score (nSPS) is 16.9. The Bertz CT molecular complexity index is 192. The Morgan fingerprint density at radius 2 is 2.13 bits per heavy atom. The number of carbonyl (C=O) groups is 1. The molecule has 0 aromatic heterocycles. The summed E-state index contributed by atoms with van der Waals surface area (Å²) in [5.41, 5.74) is -0.700. The molecule has 0 aliphatic rings. The third-order valence-electron chi connectivity index (χ3n) is 2.41. The third kappa shape index (κ3) is 6.47. The molecule has 0 spiro atoms. The third-order valence-corrected chi connectivity index (χ3v) is 2.41. The standard InChI is InChI=1S/C11H23NO3/c1-5-11(4,14)8-12-7-9(3)10(13)15-6-2/h9,12,14H,5-8H2,1-4H3. The Labute approximate surface area is 92.0 Å². The van der Waals surface area contributed by atoms with Crippen molar-refractivity contribution >= 4 is 5.97 Å². The lowest BCUT2D eigenvalue weighted by atomic mass is 10.0. The molecule has 0 fully saturated rings. The fourth-order valence-electron chi connectivity index (χ4n) is 1.05. The van der Waals surface area contributed by atoms with Crippen molar-refractivity contribution in [2.24, 2.45) is 5.92 Å². The van der Waals surface area contributed by atoms with Gasteiger partial charge in [-0.25, -0.2) is 0 Å². The monoisotopic (exact) mass is 217 g/mol. The van der Waals surface area contributed by atoms with Crippen LogP contribution in [0.2, 0.25) is 0 Å². The second kappa shape index (κ2) is 6.80. The average Bonchev–Trinajstić information content (AvgIpc) is 2.18. The quantitative estimate of drug-likeness (QED) is 0.623. The summed E-state index contributed by atoms with van der Waals surface area (Å²) in [4.78, 5) is 11.2. The molecule has 2 N–H and O–H groups in total. The minimum atomic E-state index is -0.700. The van der Waals surface area contributed by atoms with Crippen LogP contribution in [0.1, 0.15) is 34.1 Å². The second-order valence-electron chi connectivity index (χ2n) is 4.13. The van der Waals surface area contributed by atoms with Gasteiger partial charge in [-0.15, -0.1) is 0 Å². The fourth-order valence-corrected chi connectivity index (χ4v) is 1.05. The molecule has 0 aliphatic carbocycles. The molecule has 15 heavy (non-hydrogen) atoms. The van der Waals surface area contributed by atoms with Gasteiger partial charge in [-0.1, -0.05) is 13.8 Å². The van der Waals surface area contributed by atoms with E-state index in [1.54, 1.807) is 13.8 Å². The van der Waals surface area contributed by atoms with Crippen molar-refractivity contribution in [2.45, 2.75) is 39.7 Å². The van der Waals surface area contributed by atoms with Crippen molar-refractivity contribution in [3.8, 4) is 0 Å². The Morgan fingerprint density at radius 1 is 1.53 bits per heavy atom. The van der Waals surface area contributed by atoms with Gasteiger partial charge in [-0.2, -0.15) is 0 Å². The van der Waals surface area contributed by atoms with Crippen LogP contribution in [0.4, 0.5) is 0 Å². The van der Waals surface area contributed by atoms with Crippen LogP contribution in [-0.2, 0) is 9.53 Å². The van der Waals surface area contributed by atoms with E-state index >= 15 is 0 Å². The van der Waals surface area contributed by atoms with Gasteiger partial charge >= 0.3 is 5.97 Å². The molecule has 0 amide bonds. The number of esters is 1. The molecule has 0 aromatic carbocycles. The van der Waals surface area contributed by atoms with E-state index in [-0.39, 0.29) is 11.9 Å². The van der Waals surface area contributed by atoms with Crippen molar-refractivity contribution in [2.75, 3.05) is 19.7 Å². The van der Waals surface area contributed by atoms with Crippen LogP contribution >= 0.6 is 0 Å². The van der Waals surface area contributed by atoms with Gasteiger partial charge in [0.2, 0.25) is 0 Å². The molecule has 0 aromatic rings. The molecule has 0 saturated heterocycles. The van der Waals surface area contributed by atoms with Crippen LogP contribution in [0.5, 0.6) is 0 Å². The van der Waals surface area contributed by atoms with Gasteiger partial charge in [0.25, 0.3) is 0 Å². The first-order chi connectivity index (χ1) is 6.93. The van der Waals surface area contributed by atoms with Gasteiger partial charge in [0.1, 0.15) is 0 Å². The predicted octanol–water partition coefficient (Wildman–Crippen LogP) is 0.936. The zero-order valence-corrected chi connectivity index (χ0v) is 10.2. The van der Waals surface area contributed by atoms with Crippen molar-refractivity contribution in [3.05, 3.63) is 0 Å². The van der Waals surface area contributed by atoms with E-state index in [9.17, 15) is 9.90 Å². The Morgan fingerprint density at radius 3 is 2.60 bits per heavy atom. The molecule has 0 aliphatic heterocycles. The molecule has 0 rings (SSSR count). The number of nitrogens with one attached hydrogen (secondary N) is 1.